The third-order valence-corrected chi connectivity index (χ3v) is 6.36. The van der Waals surface area contributed by atoms with Gasteiger partial charge in [0.25, 0.3) is 0 Å². The lowest BCUT2D eigenvalue weighted by Gasteiger charge is -2.32. The number of aliphatic hydroxyl groups excluding tert-OH is 1. The van der Waals surface area contributed by atoms with E-state index in [2.05, 4.69) is 0 Å². The normalized spacial score (nSPS) is 21.1. The highest BCUT2D eigenvalue weighted by Gasteiger charge is 2.32. The molecule has 1 aromatic rings. The van der Waals surface area contributed by atoms with E-state index in [0.717, 1.165) is 12.8 Å². The van der Waals surface area contributed by atoms with Gasteiger partial charge in [0, 0.05) is 19.7 Å². The van der Waals surface area contributed by atoms with Crippen LogP contribution >= 0.6 is 23.2 Å². The minimum absolute atomic E-state index is 0.0204. The van der Waals surface area contributed by atoms with E-state index < -0.39 is 10.0 Å². The van der Waals surface area contributed by atoms with Crippen molar-refractivity contribution < 1.29 is 13.5 Å². The number of piperidine rings is 1. The smallest absolute Gasteiger partial charge is 0.246 e. The SMILES string of the molecule is O=S(=O)(c1c(Cl)cccc1Cl)N1CCCC(CCO)C1. The lowest BCUT2D eigenvalue weighted by Crippen LogP contribution is -2.40. The fourth-order valence-electron chi connectivity index (χ4n) is 2.52. The first-order chi connectivity index (χ1) is 9.46. The van der Waals surface area contributed by atoms with E-state index in [1.165, 1.54) is 16.4 Å². The Balaban J connectivity index is 2.30. The second-order valence-electron chi connectivity index (χ2n) is 4.93. The fraction of sp³-hybridized carbons (Fsp3) is 0.538. The highest BCUT2D eigenvalue weighted by atomic mass is 35.5. The predicted molar refractivity (Wildman–Crippen MR) is 79.6 cm³/mol. The molecule has 0 aromatic heterocycles. The van der Waals surface area contributed by atoms with Gasteiger partial charge in [0.2, 0.25) is 10.0 Å². The lowest BCUT2D eigenvalue weighted by molar-refractivity contribution is 0.203. The Kier molecular flexibility index (Phi) is 5.31. The van der Waals surface area contributed by atoms with Crippen molar-refractivity contribution >= 4 is 33.2 Å². The highest BCUT2D eigenvalue weighted by Crippen LogP contribution is 2.33. The summed E-state index contributed by atoms with van der Waals surface area (Å²) in [7, 11) is -3.69. The van der Waals surface area contributed by atoms with Crippen molar-refractivity contribution in [3.8, 4) is 0 Å². The first-order valence-electron chi connectivity index (χ1n) is 6.52. The number of hydrogen-bond donors (Lipinski definition) is 1. The van der Waals surface area contributed by atoms with Gasteiger partial charge in [-0.3, -0.25) is 0 Å². The molecule has 1 aromatic carbocycles. The summed E-state index contributed by atoms with van der Waals surface area (Å²) in [6.45, 7) is 0.946. The molecular weight excluding hydrogens is 321 g/mol. The third kappa shape index (κ3) is 3.28. The molecule has 20 heavy (non-hydrogen) atoms. The maximum Gasteiger partial charge on any atom is 0.246 e. The van der Waals surface area contributed by atoms with Crippen molar-refractivity contribution in [3.05, 3.63) is 28.2 Å². The van der Waals surface area contributed by atoms with E-state index in [9.17, 15) is 8.42 Å². The van der Waals surface area contributed by atoms with Crippen molar-refractivity contribution in [2.24, 2.45) is 5.92 Å². The average molecular weight is 338 g/mol. The van der Waals surface area contributed by atoms with Crippen LogP contribution in [0.5, 0.6) is 0 Å². The molecule has 112 valence electrons. The molecule has 7 heteroatoms. The minimum Gasteiger partial charge on any atom is -0.396 e. The Hall–Kier alpha value is -0.330. The zero-order valence-corrected chi connectivity index (χ0v) is 13.3. The number of halogens is 2. The van der Waals surface area contributed by atoms with Crippen LogP contribution in [0.25, 0.3) is 0 Å². The van der Waals surface area contributed by atoms with Crippen LogP contribution in [0.4, 0.5) is 0 Å². The summed E-state index contributed by atoms with van der Waals surface area (Å²) in [5.74, 6) is 0.185. The second kappa shape index (κ2) is 6.62. The maximum atomic E-state index is 12.7. The quantitative estimate of drug-likeness (QED) is 0.918. The van der Waals surface area contributed by atoms with Gasteiger partial charge in [-0.2, -0.15) is 4.31 Å². The van der Waals surface area contributed by atoms with Crippen molar-refractivity contribution in [1.82, 2.24) is 4.31 Å². The van der Waals surface area contributed by atoms with Crippen LogP contribution in [-0.2, 0) is 10.0 Å². The molecule has 1 N–H and O–H groups in total. The second-order valence-corrected chi connectivity index (χ2v) is 7.62. The van der Waals surface area contributed by atoms with Crippen molar-refractivity contribution in [3.63, 3.8) is 0 Å². The number of sulfonamides is 1. The Morgan fingerprint density at radius 3 is 2.55 bits per heavy atom. The molecular formula is C13H17Cl2NO3S. The van der Waals surface area contributed by atoms with Crippen LogP contribution in [-0.4, -0.2) is 37.5 Å². The Labute approximate surface area is 129 Å². The van der Waals surface area contributed by atoms with Crippen LogP contribution in [0.1, 0.15) is 19.3 Å². The van der Waals surface area contributed by atoms with E-state index in [-0.39, 0.29) is 27.5 Å². The van der Waals surface area contributed by atoms with Crippen molar-refractivity contribution in [1.29, 1.82) is 0 Å². The first kappa shape index (κ1) is 16.0. The molecule has 2 rings (SSSR count). The van der Waals surface area contributed by atoms with E-state index in [4.69, 9.17) is 28.3 Å². The molecule has 1 aliphatic heterocycles. The fourth-order valence-corrected chi connectivity index (χ4v) is 5.17. The van der Waals surface area contributed by atoms with Gasteiger partial charge in [0.1, 0.15) is 4.90 Å². The van der Waals surface area contributed by atoms with E-state index >= 15 is 0 Å². The number of nitrogens with zero attached hydrogens (tertiary/aromatic N) is 1. The summed E-state index contributed by atoms with van der Waals surface area (Å²) in [6.07, 6.45) is 2.33. The third-order valence-electron chi connectivity index (χ3n) is 3.54. The number of benzene rings is 1. The summed E-state index contributed by atoms with van der Waals surface area (Å²) < 4.78 is 26.8. The Morgan fingerprint density at radius 2 is 1.95 bits per heavy atom. The molecule has 4 nitrogen and oxygen atoms in total. The molecule has 0 bridgehead atoms. The molecule has 0 aliphatic carbocycles. The highest BCUT2D eigenvalue weighted by molar-refractivity contribution is 7.89. The van der Waals surface area contributed by atoms with E-state index in [1.807, 2.05) is 0 Å². The average Bonchev–Trinajstić information content (AvgIpc) is 2.39. The maximum absolute atomic E-state index is 12.7. The first-order valence-corrected chi connectivity index (χ1v) is 8.71. The minimum atomic E-state index is -3.69. The van der Waals surface area contributed by atoms with Gasteiger partial charge in [0.15, 0.2) is 0 Å². The zero-order valence-electron chi connectivity index (χ0n) is 10.9. The summed E-state index contributed by atoms with van der Waals surface area (Å²) in [4.78, 5) is -0.0204. The molecule has 0 saturated carbocycles. The van der Waals surface area contributed by atoms with Crippen LogP contribution in [0.15, 0.2) is 23.1 Å². The van der Waals surface area contributed by atoms with Gasteiger partial charge in [0.05, 0.1) is 10.0 Å². The van der Waals surface area contributed by atoms with Gasteiger partial charge in [-0.15, -0.1) is 0 Å². The van der Waals surface area contributed by atoms with E-state index in [1.54, 1.807) is 6.07 Å². The monoisotopic (exact) mass is 337 g/mol. The molecule has 0 spiro atoms. The number of hydrogen-bond acceptors (Lipinski definition) is 3. The van der Waals surface area contributed by atoms with Crippen molar-refractivity contribution in [2.45, 2.75) is 24.2 Å². The molecule has 0 radical (unpaired) electrons. The topological polar surface area (TPSA) is 57.6 Å². The molecule has 1 atom stereocenters. The summed E-state index contributed by atoms with van der Waals surface area (Å²) >= 11 is 12.0. The summed E-state index contributed by atoms with van der Waals surface area (Å²) in [5.41, 5.74) is 0. The number of aliphatic hydroxyl groups is 1. The zero-order chi connectivity index (χ0) is 14.8. The van der Waals surface area contributed by atoms with Gasteiger partial charge in [-0.25, -0.2) is 8.42 Å². The predicted octanol–water partition coefficient (Wildman–Crippen LogP) is 2.78. The molecule has 1 saturated heterocycles. The Bertz CT molecular complexity index is 555. The summed E-state index contributed by atoms with van der Waals surface area (Å²) in [6, 6.07) is 4.67. The molecule has 1 aliphatic rings. The van der Waals surface area contributed by atoms with Crippen molar-refractivity contribution in [2.75, 3.05) is 19.7 Å². The Morgan fingerprint density at radius 1 is 1.30 bits per heavy atom. The lowest BCUT2D eigenvalue weighted by atomic mass is 9.97. The van der Waals surface area contributed by atoms with Crippen LogP contribution in [0.3, 0.4) is 0 Å². The van der Waals surface area contributed by atoms with E-state index in [0.29, 0.717) is 19.5 Å². The molecule has 1 fully saturated rings. The molecule has 0 amide bonds. The van der Waals surface area contributed by atoms with Crippen LogP contribution < -0.4 is 0 Å². The number of rotatable bonds is 4. The van der Waals surface area contributed by atoms with Crippen LogP contribution in [0.2, 0.25) is 10.0 Å². The van der Waals surface area contributed by atoms with Gasteiger partial charge < -0.3 is 5.11 Å². The largest absolute Gasteiger partial charge is 0.396 e. The van der Waals surface area contributed by atoms with Crippen LogP contribution in [0, 0.1) is 5.92 Å². The molecule has 1 heterocycles. The summed E-state index contributed by atoms with van der Waals surface area (Å²) in [5, 5.41) is 9.28. The van der Waals surface area contributed by atoms with Gasteiger partial charge in [-0.05, 0) is 37.3 Å². The van der Waals surface area contributed by atoms with Gasteiger partial charge >= 0.3 is 0 Å². The standard InChI is InChI=1S/C13H17Cl2NO3S/c14-11-4-1-5-12(15)13(11)20(18,19)16-7-2-3-10(9-16)6-8-17/h1,4-5,10,17H,2-3,6-9H2. The molecule has 1 unspecified atom stereocenters. The van der Waals surface area contributed by atoms with Gasteiger partial charge in [-0.1, -0.05) is 29.3 Å².